The first-order valence-corrected chi connectivity index (χ1v) is 11.1. The molecular formula is C24H22Cl2F4N2O. The highest BCUT2D eigenvalue weighted by Gasteiger charge is 2.58. The van der Waals surface area contributed by atoms with Crippen LogP contribution < -0.4 is 0 Å². The lowest BCUT2D eigenvalue weighted by molar-refractivity contribution is -0.183. The van der Waals surface area contributed by atoms with Crippen molar-refractivity contribution in [3.63, 3.8) is 0 Å². The third-order valence-electron chi connectivity index (χ3n) is 6.69. The average molecular weight is 501 g/mol. The van der Waals surface area contributed by atoms with E-state index in [1.54, 1.807) is 43.0 Å². The molecule has 0 spiro atoms. The Morgan fingerprint density at radius 1 is 1.00 bits per heavy atom. The number of nitrogens with zero attached hydrogens (tertiary/aromatic N) is 2. The van der Waals surface area contributed by atoms with Crippen molar-refractivity contribution in [1.82, 2.24) is 4.90 Å². The molecule has 1 saturated heterocycles. The summed E-state index contributed by atoms with van der Waals surface area (Å²) in [5.41, 5.74) is -3.40. The molecule has 0 aliphatic carbocycles. The third-order valence-corrected chi connectivity index (χ3v) is 7.13. The smallest absolute Gasteiger partial charge is 0.301 e. The minimum Gasteiger partial charge on any atom is -0.301 e. The van der Waals surface area contributed by atoms with Crippen LogP contribution in [0.25, 0.3) is 0 Å². The Morgan fingerprint density at radius 3 is 2.09 bits per heavy atom. The lowest BCUT2D eigenvalue weighted by Gasteiger charge is -2.50. The first kappa shape index (κ1) is 24.2. The third kappa shape index (κ3) is 4.19. The number of hydrogen-bond donors (Lipinski definition) is 0. The van der Waals surface area contributed by atoms with Gasteiger partial charge in [0.05, 0.1) is 12.1 Å². The molecular weight excluding hydrogens is 479 g/mol. The van der Waals surface area contributed by atoms with Crippen LogP contribution in [0.4, 0.5) is 17.6 Å². The molecule has 0 radical (unpaired) electrons. The zero-order chi connectivity index (χ0) is 24.2. The van der Waals surface area contributed by atoms with E-state index < -0.39 is 29.3 Å². The summed E-state index contributed by atoms with van der Waals surface area (Å²) in [6, 6.07) is 10.3. The molecule has 2 aromatic rings. The van der Waals surface area contributed by atoms with E-state index in [-0.39, 0.29) is 35.1 Å². The average Bonchev–Trinajstić information content (AvgIpc) is 3.18. The Bertz CT molecular complexity index is 1090. The number of alkyl halides is 4. The van der Waals surface area contributed by atoms with Crippen LogP contribution in [-0.2, 0) is 15.9 Å². The van der Waals surface area contributed by atoms with Crippen molar-refractivity contribution in [2.24, 2.45) is 4.99 Å². The molecule has 0 amide bonds. The molecule has 4 rings (SSSR count). The van der Waals surface area contributed by atoms with Crippen molar-refractivity contribution in [3.05, 3.63) is 69.2 Å². The van der Waals surface area contributed by atoms with Crippen LogP contribution in [0.1, 0.15) is 37.0 Å². The van der Waals surface area contributed by atoms with Crippen LogP contribution in [0.15, 0.2) is 47.5 Å². The van der Waals surface area contributed by atoms with Gasteiger partial charge in [-0.3, -0.25) is 9.89 Å². The van der Waals surface area contributed by atoms with E-state index in [0.29, 0.717) is 16.8 Å². The molecule has 9 heteroatoms. The quantitative estimate of drug-likeness (QED) is 0.364. The minimum atomic E-state index is -4.57. The SMILES string of the molecule is CC(C)(C=O)N1CC(F)(c2ccc(C3=NCC(c4cc(Cl)cc(Cl)c4)(C(F)(F)F)C3)cc2)C1. The highest BCUT2D eigenvalue weighted by Crippen LogP contribution is 2.49. The highest BCUT2D eigenvalue weighted by atomic mass is 35.5. The maximum atomic E-state index is 15.3. The van der Waals surface area contributed by atoms with Crippen LogP contribution in [0, 0.1) is 0 Å². The van der Waals surface area contributed by atoms with Crippen molar-refractivity contribution in [1.29, 1.82) is 0 Å². The Balaban J connectivity index is 1.56. The molecule has 2 aromatic carbocycles. The van der Waals surface area contributed by atoms with Gasteiger partial charge in [0, 0.05) is 35.3 Å². The molecule has 1 unspecified atom stereocenters. The molecule has 33 heavy (non-hydrogen) atoms. The number of carbonyl (C=O) groups excluding carboxylic acids is 1. The van der Waals surface area contributed by atoms with Crippen molar-refractivity contribution in [3.8, 4) is 0 Å². The normalized spacial score (nSPS) is 23.2. The fraction of sp³-hybridized carbons (Fsp3) is 0.417. The van der Waals surface area contributed by atoms with Gasteiger partial charge >= 0.3 is 6.18 Å². The van der Waals surface area contributed by atoms with Crippen LogP contribution in [0.2, 0.25) is 10.0 Å². The van der Waals surface area contributed by atoms with Gasteiger partial charge in [0.1, 0.15) is 11.7 Å². The Hall–Kier alpha value is -1.96. The van der Waals surface area contributed by atoms with Crippen LogP contribution >= 0.6 is 23.2 Å². The fourth-order valence-electron chi connectivity index (χ4n) is 4.38. The van der Waals surface area contributed by atoms with Gasteiger partial charge < -0.3 is 4.79 Å². The predicted molar refractivity (Wildman–Crippen MR) is 121 cm³/mol. The summed E-state index contributed by atoms with van der Waals surface area (Å²) in [6.45, 7) is 3.12. The summed E-state index contributed by atoms with van der Waals surface area (Å²) >= 11 is 11.9. The first-order valence-electron chi connectivity index (χ1n) is 10.4. The van der Waals surface area contributed by atoms with Crippen molar-refractivity contribution >= 4 is 35.2 Å². The van der Waals surface area contributed by atoms with E-state index in [4.69, 9.17) is 23.2 Å². The van der Waals surface area contributed by atoms with E-state index >= 15 is 4.39 Å². The van der Waals surface area contributed by atoms with Crippen molar-refractivity contribution in [2.45, 2.75) is 43.1 Å². The second-order valence-corrected chi connectivity index (χ2v) is 10.2. The zero-order valence-electron chi connectivity index (χ0n) is 18.0. The predicted octanol–water partition coefficient (Wildman–Crippen LogP) is 6.14. The molecule has 1 fully saturated rings. The maximum absolute atomic E-state index is 15.3. The molecule has 2 aliphatic heterocycles. The second-order valence-electron chi connectivity index (χ2n) is 9.35. The Kier molecular flexibility index (Phi) is 5.91. The second kappa shape index (κ2) is 8.07. The van der Waals surface area contributed by atoms with Gasteiger partial charge in [0.25, 0.3) is 0 Å². The number of halogens is 6. The van der Waals surface area contributed by atoms with Gasteiger partial charge in [-0.05, 0) is 48.7 Å². The highest BCUT2D eigenvalue weighted by molar-refractivity contribution is 6.34. The van der Waals surface area contributed by atoms with Crippen LogP contribution in [0.5, 0.6) is 0 Å². The summed E-state index contributed by atoms with van der Waals surface area (Å²) < 4.78 is 58.0. The molecule has 176 valence electrons. The lowest BCUT2D eigenvalue weighted by atomic mass is 9.76. The first-order chi connectivity index (χ1) is 15.3. The molecule has 0 bridgehead atoms. The van der Waals surface area contributed by atoms with Crippen LogP contribution in [-0.4, -0.2) is 48.2 Å². The molecule has 0 aromatic heterocycles. The van der Waals surface area contributed by atoms with Crippen molar-refractivity contribution in [2.75, 3.05) is 19.6 Å². The van der Waals surface area contributed by atoms with Gasteiger partial charge in [-0.15, -0.1) is 0 Å². The van der Waals surface area contributed by atoms with E-state index in [9.17, 15) is 18.0 Å². The summed E-state index contributed by atoms with van der Waals surface area (Å²) in [7, 11) is 0. The van der Waals surface area contributed by atoms with E-state index in [1.165, 1.54) is 18.2 Å². The summed E-state index contributed by atoms with van der Waals surface area (Å²) in [5.74, 6) is 0. The monoisotopic (exact) mass is 500 g/mol. The number of aliphatic imine (C=N–C) groups is 1. The fourth-order valence-corrected chi connectivity index (χ4v) is 4.91. The summed E-state index contributed by atoms with van der Waals surface area (Å²) in [6.07, 6.45) is -4.15. The number of benzene rings is 2. The van der Waals surface area contributed by atoms with Crippen LogP contribution in [0.3, 0.4) is 0 Å². The Morgan fingerprint density at radius 2 is 1.58 bits per heavy atom. The molecule has 1 atom stereocenters. The van der Waals surface area contributed by atoms with E-state index in [2.05, 4.69) is 4.99 Å². The minimum absolute atomic E-state index is 0.0297. The van der Waals surface area contributed by atoms with Gasteiger partial charge in [0.15, 0.2) is 5.67 Å². The van der Waals surface area contributed by atoms with Gasteiger partial charge in [-0.1, -0.05) is 47.5 Å². The summed E-state index contributed by atoms with van der Waals surface area (Å²) in [4.78, 5) is 17.1. The Labute approximate surface area is 199 Å². The van der Waals surface area contributed by atoms with Gasteiger partial charge in [-0.25, -0.2) is 4.39 Å². The van der Waals surface area contributed by atoms with E-state index in [0.717, 1.165) is 6.29 Å². The number of likely N-dealkylation sites (tertiary alicyclic amines) is 1. The molecule has 2 heterocycles. The van der Waals surface area contributed by atoms with Crippen molar-refractivity contribution < 1.29 is 22.4 Å². The molecule has 2 aliphatic rings. The number of aldehydes is 1. The zero-order valence-corrected chi connectivity index (χ0v) is 19.5. The number of carbonyl (C=O) groups is 1. The van der Waals surface area contributed by atoms with E-state index in [1.807, 2.05) is 0 Å². The number of rotatable bonds is 5. The standard InChI is InChI=1S/C24H22Cl2F4N2O/c1-21(2,14-33)32-12-23(27,13-32)16-5-3-15(4-6-16)20-10-22(11-31-20,24(28,29)30)17-7-18(25)9-19(26)8-17/h3-9,14H,10-13H2,1-2H3. The van der Waals surface area contributed by atoms with Gasteiger partial charge in [0.2, 0.25) is 0 Å². The summed E-state index contributed by atoms with van der Waals surface area (Å²) in [5, 5.41) is 0.249. The molecule has 0 N–H and O–H groups in total. The number of hydrogen-bond acceptors (Lipinski definition) is 3. The maximum Gasteiger partial charge on any atom is 0.400 e. The lowest BCUT2D eigenvalue weighted by Crippen LogP contribution is -2.64. The topological polar surface area (TPSA) is 32.7 Å². The van der Waals surface area contributed by atoms with Gasteiger partial charge in [-0.2, -0.15) is 13.2 Å². The largest absolute Gasteiger partial charge is 0.400 e. The molecule has 3 nitrogen and oxygen atoms in total. The molecule has 0 saturated carbocycles.